The quantitative estimate of drug-likeness (QED) is 0.428. The van der Waals surface area contributed by atoms with Gasteiger partial charge in [0.05, 0.1) is 4.88 Å². The summed E-state index contributed by atoms with van der Waals surface area (Å²) in [5, 5.41) is 1.06. The first-order valence-corrected chi connectivity index (χ1v) is 5.02. The number of hydrogen-bond donors (Lipinski definition) is 0. The van der Waals surface area contributed by atoms with Crippen LogP contribution in [0.15, 0.2) is 24.3 Å². The van der Waals surface area contributed by atoms with Crippen LogP contribution < -0.4 is 0 Å². The summed E-state index contributed by atoms with van der Waals surface area (Å²) >= 11 is 1.36. The van der Waals surface area contributed by atoms with Gasteiger partial charge in [-0.05, 0) is 30.0 Å². The third-order valence-electron chi connectivity index (χ3n) is 2.13. The molecule has 3 heteroatoms. The van der Waals surface area contributed by atoms with Crippen molar-refractivity contribution in [2.45, 2.75) is 6.92 Å². The van der Waals surface area contributed by atoms with E-state index in [2.05, 4.69) is 0 Å². The van der Waals surface area contributed by atoms with Gasteiger partial charge in [0.1, 0.15) is 0 Å². The summed E-state index contributed by atoms with van der Waals surface area (Å²) in [7, 11) is 0. The van der Waals surface area contributed by atoms with E-state index in [1.165, 1.54) is 11.3 Å². The SMILES string of the molecule is Cc1cccc2sc(C(=O)C=O)cc12. The molecule has 0 fully saturated rings. The Kier molecular flexibility index (Phi) is 2.17. The van der Waals surface area contributed by atoms with Gasteiger partial charge < -0.3 is 0 Å². The van der Waals surface area contributed by atoms with E-state index in [0.717, 1.165) is 15.6 Å². The van der Waals surface area contributed by atoms with Crippen molar-refractivity contribution in [3.63, 3.8) is 0 Å². The number of thiophene rings is 1. The van der Waals surface area contributed by atoms with Crippen LogP contribution in [0.5, 0.6) is 0 Å². The highest BCUT2D eigenvalue weighted by atomic mass is 32.1. The summed E-state index contributed by atoms with van der Waals surface area (Å²) in [6, 6.07) is 7.67. The fourth-order valence-corrected chi connectivity index (χ4v) is 2.43. The molecule has 0 unspecified atom stereocenters. The molecule has 0 amide bonds. The van der Waals surface area contributed by atoms with Gasteiger partial charge in [-0.1, -0.05) is 12.1 Å². The molecule has 0 spiro atoms. The summed E-state index contributed by atoms with van der Waals surface area (Å²) in [5.74, 6) is -0.439. The van der Waals surface area contributed by atoms with Crippen molar-refractivity contribution in [1.82, 2.24) is 0 Å². The molecule has 1 heterocycles. The molecule has 0 saturated carbocycles. The van der Waals surface area contributed by atoms with Gasteiger partial charge in [0.2, 0.25) is 5.78 Å². The molecule has 0 radical (unpaired) electrons. The summed E-state index contributed by atoms with van der Waals surface area (Å²) < 4.78 is 1.05. The summed E-state index contributed by atoms with van der Waals surface area (Å²) in [4.78, 5) is 22.0. The minimum atomic E-state index is -0.439. The van der Waals surface area contributed by atoms with Gasteiger partial charge >= 0.3 is 0 Å². The van der Waals surface area contributed by atoms with Crippen LogP contribution in [0.25, 0.3) is 10.1 Å². The van der Waals surface area contributed by atoms with Crippen molar-refractivity contribution < 1.29 is 9.59 Å². The average molecular weight is 204 g/mol. The number of fused-ring (bicyclic) bond motifs is 1. The molecular weight excluding hydrogens is 196 g/mol. The number of aldehydes is 1. The highest BCUT2D eigenvalue weighted by Gasteiger charge is 2.09. The topological polar surface area (TPSA) is 34.1 Å². The predicted octanol–water partition coefficient (Wildman–Crippen LogP) is 2.59. The lowest BCUT2D eigenvalue weighted by atomic mass is 10.1. The third-order valence-corrected chi connectivity index (χ3v) is 3.24. The van der Waals surface area contributed by atoms with E-state index in [-0.39, 0.29) is 0 Å². The maximum absolute atomic E-state index is 11.1. The second-order valence-corrected chi connectivity index (χ2v) is 4.16. The lowest BCUT2D eigenvalue weighted by molar-refractivity contribution is -0.104. The smallest absolute Gasteiger partial charge is 0.235 e. The fourth-order valence-electron chi connectivity index (χ4n) is 1.39. The van der Waals surface area contributed by atoms with Gasteiger partial charge in [0.15, 0.2) is 6.29 Å². The Balaban J connectivity index is 2.68. The van der Waals surface area contributed by atoms with Gasteiger partial charge in [0.25, 0.3) is 0 Å². The summed E-state index contributed by atoms with van der Waals surface area (Å²) in [5.41, 5.74) is 1.13. The molecule has 0 saturated heterocycles. The Hall–Kier alpha value is -1.48. The molecule has 2 nitrogen and oxygen atoms in total. The Bertz CT molecular complexity index is 511. The molecule has 2 aromatic rings. The number of hydrogen-bond acceptors (Lipinski definition) is 3. The van der Waals surface area contributed by atoms with E-state index < -0.39 is 5.78 Å². The maximum atomic E-state index is 11.1. The number of ketones is 1. The standard InChI is InChI=1S/C11H8O2S/c1-7-3-2-4-10-8(7)5-11(14-10)9(13)6-12/h2-6H,1H3. The Morgan fingerprint density at radius 2 is 2.21 bits per heavy atom. The Morgan fingerprint density at radius 3 is 2.86 bits per heavy atom. The van der Waals surface area contributed by atoms with Crippen LogP contribution in [-0.2, 0) is 4.79 Å². The zero-order chi connectivity index (χ0) is 10.1. The van der Waals surface area contributed by atoms with Crippen molar-refractivity contribution in [1.29, 1.82) is 0 Å². The van der Waals surface area contributed by atoms with E-state index in [1.807, 2.05) is 25.1 Å². The minimum absolute atomic E-state index is 0.361. The summed E-state index contributed by atoms with van der Waals surface area (Å²) in [6.07, 6.45) is 0.361. The normalized spacial score (nSPS) is 10.4. The Morgan fingerprint density at radius 1 is 1.43 bits per heavy atom. The van der Waals surface area contributed by atoms with E-state index >= 15 is 0 Å². The first-order valence-electron chi connectivity index (χ1n) is 4.21. The zero-order valence-electron chi connectivity index (χ0n) is 7.61. The molecule has 0 aliphatic heterocycles. The maximum Gasteiger partial charge on any atom is 0.235 e. The average Bonchev–Trinajstić information content (AvgIpc) is 2.62. The van der Waals surface area contributed by atoms with Crippen molar-refractivity contribution in [3.05, 3.63) is 34.7 Å². The molecule has 1 aromatic carbocycles. The highest BCUT2D eigenvalue weighted by molar-refractivity contribution is 7.21. The zero-order valence-corrected chi connectivity index (χ0v) is 8.43. The third kappa shape index (κ3) is 1.36. The van der Waals surface area contributed by atoms with E-state index in [1.54, 1.807) is 6.07 Å². The molecule has 0 aliphatic carbocycles. The van der Waals surface area contributed by atoms with Crippen LogP contribution in [0.1, 0.15) is 15.2 Å². The molecule has 0 bridgehead atoms. The molecule has 2 rings (SSSR count). The van der Waals surface area contributed by atoms with Crippen LogP contribution >= 0.6 is 11.3 Å². The molecule has 0 N–H and O–H groups in total. The molecular formula is C11H8O2S. The molecule has 0 aliphatic rings. The molecule has 14 heavy (non-hydrogen) atoms. The number of rotatable bonds is 2. The van der Waals surface area contributed by atoms with Gasteiger partial charge in [-0.15, -0.1) is 11.3 Å². The van der Waals surface area contributed by atoms with E-state index in [4.69, 9.17) is 0 Å². The fraction of sp³-hybridized carbons (Fsp3) is 0.0909. The van der Waals surface area contributed by atoms with Crippen molar-refractivity contribution in [3.8, 4) is 0 Å². The minimum Gasteiger partial charge on any atom is -0.294 e. The largest absolute Gasteiger partial charge is 0.294 e. The second kappa shape index (κ2) is 3.35. The van der Waals surface area contributed by atoms with Crippen molar-refractivity contribution in [2.75, 3.05) is 0 Å². The monoisotopic (exact) mass is 204 g/mol. The van der Waals surface area contributed by atoms with Gasteiger partial charge in [0, 0.05) is 4.70 Å². The van der Waals surface area contributed by atoms with Crippen LogP contribution in [0.4, 0.5) is 0 Å². The first kappa shape index (κ1) is 9.09. The summed E-state index contributed by atoms with van der Waals surface area (Å²) in [6.45, 7) is 1.99. The molecule has 70 valence electrons. The first-order chi connectivity index (χ1) is 6.72. The lowest BCUT2D eigenvalue weighted by Crippen LogP contribution is -1.94. The number of carbonyl (C=O) groups excluding carboxylic acids is 2. The number of aryl methyl sites for hydroxylation is 1. The lowest BCUT2D eigenvalue weighted by Gasteiger charge is -1.91. The van der Waals surface area contributed by atoms with Crippen LogP contribution in [0, 0.1) is 6.92 Å². The van der Waals surface area contributed by atoms with Gasteiger partial charge in [-0.2, -0.15) is 0 Å². The van der Waals surface area contributed by atoms with E-state index in [0.29, 0.717) is 11.2 Å². The van der Waals surface area contributed by atoms with Gasteiger partial charge in [-0.25, -0.2) is 0 Å². The van der Waals surface area contributed by atoms with Crippen molar-refractivity contribution >= 4 is 33.5 Å². The number of carbonyl (C=O) groups is 2. The van der Waals surface area contributed by atoms with Crippen LogP contribution in [0.2, 0.25) is 0 Å². The number of Topliss-reactive ketones (excluding diaryl/α,β-unsaturated/α-hetero) is 1. The van der Waals surface area contributed by atoms with E-state index in [9.17, 15) is 9.59 Å². The highest BCUT2D eigenvalue weighted by Crippen LogP contribution is 2.27. The number of benzene rings is 1. The van der Waals surface area contributed by atoms with Crippen molar-refractivity contribution in [2.24, 2.45) is 0 Å². The Labute approximate surface area is 85.2 Å². The van der Waals surface area contributed by atoms with Gasteiger partial charge in [-0.3, -0.25) is 9.59 Å². The molecule has 0 atom stereocenters. The van der Waals surface area contributed by atoms with Crippen LogP contribution in [-0.4, -0.2) is 12.1 Å². The molecule has 1 aromatic heterocycles. The van der Waals surface area contributed by atoms with Crippen LogP contribution in [0.3, 0.4) is 0 Å². The second-order valence-electron chi connectivity index (χ2n) is 3.08. The predicted molar refractivity (Wildman–Crippen MR) is 57.0 cm³/mol.